The first-order chi connectivity index (χ1) is 38.7. The molecule has 0 saturated heterocycles. The number of benzene rings is 13. The monoisotopic (exact) mass is 993 g/mol. The molecule has 0 unspecified atom stereocenters. The van der Waals surface area contributed by atoms with Crippen LogP contribution < -0.4 is 4.90 Å². The van der Waals surface area contributed by atoms with Crippen molar-refractivity contribution in [3.63, 3.8) is 0 Å². The molecule has 0 radical (unpaired) electrons. The molecule has 78 heavy (non-hydrogen) atoms. The van der Waals surface area contributed by atoms with E-state index in [1.165, 1.54) is 66.1 Å². The van der Waals surface area contributed by atoms with E-state index >= 15 is 0 Å². The number of hydrogen-bond acceptors (Lipinski definition) is 3. The lowest BCUT2D eigenvalue weighted by Gasteiger charge is -2.35. The molecule has 0 saturated carbocycles. The molecule has 3 heteroatoms. The van der Waals surface area contributed by atoms with Gasteiger partial charge in [-0.25, -0.2) is 0 Å². The minimum absolute atomic E-state index is 0.672. The summed E-state index contributed by atoms with van der Waals surface area (Å²) < 4.78 is 13.7. The zero-order valence-corrected chi connectivity index (χ0v) is 42.4. The largest absolute Gasteiger partial charge is 0.456 e. The van der Waals surface area contributed by atoms with Crippen molar-refractivity contribution in [2.75, 3.05) is 4.90 Å². The molecule has 1 aliphatic carbocycles. The third kappa shape index (κ3) is 6.71. The summed E-state index contributed by atoms with van der Waals surface area (Å²) in [5.41, 5.74) is 20.0. The van der Waals surface area contributed by atoms with E-state index in [2.05, 4.69) is 290 Å². The molecule has 364 valence electrons. The second kappa shape index (κ2) is 17.4. The number of hydrogen-bond donors (Lipinski definition) is 0. The molecule has 13 aromatic carbocycles. The summed E-state index contributed by atoms with van der Waals surface area (Å²) in [6, 6.07) is 104. The standard InChI is InChI=1S/C75H47NO2/c1-2-16-48(17-3-1)54-38-42-69-63(45-54)73-67(30-14-32-71(73)77-69)76(68-31-15-33-72-74(68)64-46-55(39-43-70(64)78-72)53-35-34-49-18-4-5-20-52(49)44-53)58-23-13-22-57(47-58)75(65-28-10-8-25-61(65)62-26-9-11-29-66(62)75)56-40-36-51(37-41-56)60-27-12-21-50-19-6-7-24-59(50)60/h1-47H. The van der Waals surface area contributed by atoms with E-state index in [4.69, 9.17) is 8.83 Å². The van der Waals surface area contributed by atoms with E-state index in [-0.39, 0.29) is 0 Å². The van der Waals surface area contributed by atoms with Crippen LogP contribution in [0, 0.1) is 0 Å². The summed E-state index contributed by atoms with van der Waals surface area (Å²) in [6.45, 7) is 0. The molecule has 2 aromatic heterocycles. The summed E-state index contributed by atoms with van der Waals surface area (Å²) in [5.74, 6) is 0. The SMILES string of the molecule is c1ccc(-c2ccc3oc4cccc(N(c5cccc(C6(c7ccc(-c8cccc9ccccc89)cc7)c7ccccc7-c7ccccc76)c5)c5cccc6oc7ccc(-c8ccc9ccccc9c8)cc7c56)c4c3c2)cc1. The highest BCUT2D eigenvalue weighted by atomic mass is 16.3. The summed E-state index contributed by atoms with van der Waals surface area (Å²) >= 11 is 0. The molecule has 15 aromatic rings. The Kier molecular flexibility index (Phi) is 9.85. The van der Waals surface area contributed by atoms with E-state index in [1.54, 1.807) is 0 Å². The topological polar surface area (TPSA) is 29.5 Å². The summed E-state index contributed by atoms with van der Waals surface area (Å²) in [4.78, 5) is 2.46. The Labute approximate surface area is 451 Å². The zero-order chi connectivity index (χ0) is 51.3. The smallest absolute Gasteiger partial charge is 0.137 e. The fraction of sp³-hybridized carbons (Fsp3) is 0.0133. The van der Waals surface area contributed by atoms with Gasteiger partial charge in [0.1, 0.15) is 22.3 Å². The third-order valence-corrected chi connectivity index (χ3v) is 16.5. The molecule has 1 aliphatic rings. The van der Waals surface area contributed by atoms with Crippen LogP contribution >= 0.6 is 0 Å². The number of furan rings is 2. The van der Waals surface area contributed by atoms with Crippen LogP contribution in [0.5, 0.6) is 0 Å². The summed E-state index contributed by atoms with van der Waals surface area (Å²) in [5, 5.41) is 9.07. The minimum atomic E-state index is -0.672. The van der Waals surface area contributed by atoms with E-state index in [1.807, 2.05) is 0 Å². The first kappa shape index (κ1) is 44.1. The zero-order valence-electron chi connectivity index (χ0n) is 42.4. The van der Waals surface area contributed by atoms with Gasteiger partial charge in [-0.2, -0.15) is 0 Å². The van der Waals surface area contributed by atoms with Crippen LogP contribution in [-0.4, -0.2) is 0 Å². The van der Waals surface area contributed by atoms with Gasteiger partial charge in [-0.05, 0) is 155 Å². The van der Waals surface area contributed by atoms with E-state index < -0.39 is 5.41 Å². The minimum Gasteiger partial charge on any atom is -0.456 e. The summed E-state index contributed by atoms with van der Waals surface area (Å²) in [7, 11) is 0. The van der Waals surface area contributed by atoms with Gasteiger partial charge in [0.05, 0.1) is 27.6 Å². The Morgan fingerprint density at radius 2 is 0.782 bits per heavy atom. The fourth-order valence-corrected chi connectivity index (χ4v) is 13.0. The van der Waals surface area contributed by atoms with Gasteiger partial charge in [-0.1, -0.05) is 218 Å². The molecule has 2 heterocycles. The van der Waals surface area contributed by atoms with Crippen molar-refractivity contribution in [2.45, 2.75) is 5.41 Å². The van der Waals surface area contributed by atoms with Gasteiger partial charge in [0, 0.05) is 16.5 Å². The van der Waals surface area contributed by atoms with Crippen molar-refractivity contribution in [3.05, 3.63) is 307 Å². The number of anilines is 3. The Balaban J connectivity index is 0.958. The quantitative estimate of drug-likeness (QED) is 0.152. The predicted molar refractivity (Wildman–Crippen MR) is 324 cm³/mol. The third-order valence-electron chi connectivity index (χ3n) is 16.5. The molecule has 0 bridgehead atoms. The normalized spacial score (nSPS) is 12.7. The Hall–Kier alpha value is -10.2. The van der Waals surface area contributed by atoms with Crippen LogP contribution in [0.3, 0.4) is 0 Å². The average Bonchev–Trinajstić information content (AvgIpc) is 4.38. The van der Waals surface area contributed by atoms with Gasteiger partial charge in [-0.3, -0.25) is 0 Å². The summed E-state index contributed by atoms with van der Waals surface area (Å²) in [6.07, 6.45) is 0. The maximum atomic E-state index is 6.86. The van der Waals surface area contributed by atoms with Crippen LogP contribution in [0.15, 0.2) is 294 Å². The molecule has 0 atom stereocenters. The van der Waals surface area contributed by atoms with Crippen molar-refractivity contribution < 1.29 is 8.83 Å². The van der Waals surface area contributed by atoms with Crippen molar-refractivity contribution in [1.29, 1.82) is 0 Å². The highest BCUT2D eigenvalue weighted by molar-refractivity contribution is 6.19. The van der Waals surface area contributed by atoms with Gasteiger partial charge in [-0.15, -0.1) is 0 Å². The first-order valence-corrected chi connectivity index (χ1v) is 26.8. The van der Waals surface area contributed by atoms with Gasteiger partial charge in [0.2, 0.25) is 0 Å². The van der Waals surface area contributed by atoms with Gasteiger partial charge in [0.25, 0.3) is 0 Å². The average molecular weight is 994 g/mol. The Morgan fingerprint density at radius 3 is 1.47 bits per heavy atom. The van der Waals surface area contributed by atoms with Crippen molar-refractivity contribution in [3.8, 4) is 44.5 Å². The van der Waals surface area contributed by atoms with Crippen molar-refractivity contribution in [2.24, 2.45) is 0 Å². The molecule has 0 aliphatic heterocycles. The van der Waals surface area contributed by atoms with E-state index in [0.717, 1.165) is 83.2 Å². The second-order valence-corrected chi connectivity index (χ2v) is 20.7. The van der Waals surface area contributed by atoms with E-state index in [9.17, 15) is 0 Å². The molecule has 0 amide bonds. The molecular formula is C75H47NO2. The van der Waals surface area contributed by atoms with Gasteiger partial charge in [0.15, 0.2) is 0 Å². The lowest BCUT2D eigenvalue weighted by atomic mass is 9.67. The van der Waals surface area contributed by atoms with Crippen LogP contribution in [0.2, 0.25) is 0 Å². The van der Waals surface area contributed by atoms with Gasteiger partial charge < -0.3 is 13.7 Å². The maximum absolute atomic E-state index is 6.86. The van der Waals surface area contributed by atoms with Crippen LogP contribution in [0.1, 0.15) is 22.3 Å². The predicted octanol–water partition coefficient (Wildman–Crippen LogP) is 20.6. The van der Waals surface area contributed by atoms with E-state index in [0.29, 0.717) is 0 Å². The number of rotatable bonds is 8. The van der Waals surface area contributed by atoms with Crippen molar-refractivity contribution in [1.82, 2.24) is 0 Å². The highest BCUT2D eigenvalue weighted by Crippen LogP contribution is 2.57. The van der Waals surface area contributed by atoms with Gasteiger partial charge >= 0.3 is 0 Å². The second-order valence-electron chi connectivity index (χ2n) is 20.7. The van der Waals surface area contributed by atoms with Crippen LogP contribution in [-0.2, 0) is 5.41 Å². The lowest BCUT2D eigenvalue weighted by molar-refractivity contribution is 0.669. The van der Waals surface area contributed by atoms with Crippen LogP contribution in [0.4, 0.5) is 17.1 Å². The fourth-order valence-electron chi connectivity index (χ4n) is 13.0. The molecule has 0 spiro atoms. The number of nitrogens with zero attached hydrogens (tertiary/aromatic N) is 1. The maximum Gasteiger partial charge on any atom is 0.137 e. The molecule has 16 rings (SSSR count). The number of fused-ring (bicyclic) bond motifs is 11. The Bertz CT molecular complexity index is 4820. The Morgan fingerprint density at radius 1 is 0.269 bits per heavy atom. The molecule has 0 N–H and O–H groups in total. The van der Waals surface area contributed by atoms with Crippen LogP contribution in [0.25, 0.3) is 110 Å². The lowest BCUT2D eigenvalue weighted by Crippen LogP contribution is -2.29. The molecule has 3 nitrogen and oxygen atoms in total. The molecule has 0 fully saturated rings. The highest BCUT2D eigenvalue weighted by Gasteiger charge is 2.46. The first-order valence-electron chi connectivity index (χ1n) is 26.8. The van der Waals surface area contributed by atoms with Crippen molar-refractivity contribution >= 4 is 82.5 Å². The molecular weight excluding hydrogens is 947 g/mol.